The van der Waals surface area contributed by atoms with Crippen LogP contribution in [0.2, 0.25) is 0 Å². The van der Waals surface area contributed by atoms with Crippen LogP contribution in [0.4, 0.5) is 0 Å². The molecule has 0 aliphatic carbocycles. The molecule has 1 aliphatic heterocycles. The molecule has 84 valence electrons. The molecule has 0 aromatic heterocycles. The van der Waals surface area contributed by atoms with Gasteiger partial charge in [-0.2, -0.15) is 0 Å². The SMILES string of the molecule is C=CCC1(C(=O)OC)COc2ccccc21. The lowest BCUT2D eigenvalue weighted by Gasteiger charge is -2.23. The maximum Gasteiger partial charge on any atom is 0.320 e. The van der Waals surface area contributed by atoms with E-state index in [0.29, 0.717) is 13.0 Å². The molecular weight excluding hydrogens is 204 g/mol. The Labute approximate surface area is 94.7 Å². The number of esters is 1. The first-order chi connectivity index (χ1) is 7.74. The molecule has 1 aromatic carbocycles. The van der Waals surface area contributed by atoms with Crippen molar-refractivity contribution in [1.82, 2.24) is 0 Å². The molecule has 1 aromatic rings. The van der Waals surface area contributed by atoms with Crippen LogP contribution >= 0.6 is 0 Å². The third-order valence-corrected chi connectivity index (χ3v) is 2.95. The molecule has 3 heteroatoms. The molecule has 0 bridgehead atoms. The summed E-state index contributed by atoms with van der Waals surface area (Å²) in [6.45, 7) is 4.02. The van der Waals surface area contributed by atoms with Crippen LogP contribution in [0.25, 0.3) is 0 Å². The van der Waals surface area contributed by atoms with E-state index in [-0.39, 0.29) is 5.97 Å². The number of hydrogen-bond acceptors (Lipinski definition) is 3. The van der Waals surface area contributed by atoms with Crippen LogP contribution in [0.15, 0.2) is 36.9 Å². The Kier molecular flexibility index (Phi) is 2.69. The standard InChI is InChI=1S/C13H14O3/c1-3-8-13(12(14)15-2)9-16-11-7-5-4-6-10(11)13/h3-7H,1,8-9H2,2H3. The summed E-state index contributed by atoms with van der Waals surface area (Å²) < 4.78 is 10.4. The fraction of sp³-hybridized carbons (Fsp3) is 0.308. The van der Waals surface area contributed by atoms with Crippen molar-refractivity contribution in [1.29, 1.82) is 0 Å². The summed E-state index contributed by atoms with van der Waals surface area (Å²) in [7, 11) is 1.40. The second kappa shape index (κ2) is 4.00. The third-order valence-electron chi connectivity index (χ3n) is 2.95. The van der Waals surface area contributed by atoms with E-state index in [0.717, 1.165) is 11.3 Å². The normalized spacial score (nSPS) is 22.1. The number of para-hydroxylation sites is 1. The maximum absolute atomic E-state index is 11.9. The summed E-state index contributed by atoms with van der Waals surface area (Å²) in [6, 6.07) is 7.56. The minimum Gasteiger partial charge on any atom is -0.492 e. The number of hydrogen-bond donors (Lipinski definition) is 0. The van der Waals surface area contributed by atoms with Crippen LogP contribution in [0.5, 0.6) is 5.75 Å². The number of carbonyl (C=O) groups excluding carboxylic acids is 1. The van der Waals surface area contributed by atoms with Gasteiger partial charge in [0.2, 0.25) is 0 Å². The minimum absolute atomic E-state index is 0.266. The number of carbonyl (C=O) groups is 1. The number of fused-ring (bicyclic) bond motifs is 1. The van der Waals surface area contributed by atoms with Crippen LogP contribution in [0.3, 0.4) is 0 Å². The highest BCUT2D eigenvalue weighted by Gasteiger charge is 2.47. The molecule has 1 heterocycles. The van der Waals surface area contributed by atoms with Crippen molar-refractivity contribution in [2.45, 2.75) is 11.8 Å². The molecule has 0 spiro atoms. The van der Waals surface area contributed by atoms with Gasteiger partial charge in [0.25, 0.3) is 0 Å². The Morgan fingerprint density at radius 1 is 1.62 bits per heavy atom. The highest BCUT2D eigenvalue weighted by atomic mass is 16.5. The fourth-order valence-corrected chi connectivity index (χ4v) is 2.13. The van der Waals surface area contributed by atoms with Gasteiger partial charge in [0.15, 0.2) is 0 Å². The average Bonchev–Trinajstić information content (AvgIpc) is 2.69. The van der Waals surface area contributed by atoms with Crippen molar-refractivity contribution in [3.05, 3.63) is 42.5 Å². The first kappa shape index (κ1) is 10.7. The van der Waals surface area contributed by atoms with Crippen LogP contribution in [-0.2, 0) is 14.9 Å². The largest absolute Gasteiger partial charge is 0.492 e. The predicted molar refractivity (Wildman–Crippen MR) is 60.4 cm³/mol. The van der Waals surface area contributed by atoms with Gasteiger partial charge in [-0.25, -0.2) is 0 Å². The van der Waals surface area contributed by atoms with Gasteiger partial charge in [0, 0.05) is 5.56 Å². The molecule has 0 radical (unpaired) electrons. The molecule has 2 rings (SSSR count). The summed E-state index contributed by atoms with van der Waals surface area (Å²) in [5, 5.41) is 0. The molecule has 1 unspecified atom stereocenters. The quantitative estimate of drug-likeness (QED) is 0.575. The van der Waals surface area contributed by atoms with Crippen molar-refractivity contribution in [3.8, 4) is 5.75 Å². The van der Waals surface area contributed by atoms with E-state index in [2.05, 4.69) is 6.58 Å². The Hall–Kier alpha value is -1.77. The van der Waals surface area contributed by atoms with Gasteiger partial charge < -0.3 is 9.47 Å². The Morgan fingerprint density at radius 2 is 2.38 bits per heavy atom. The summed E-state index contributed by atoms with van der Waals surface area (Å²) >= 11 is 0. The zero-order chi connectivity index (χ0) is 11.6. The first-order valence-electron chi connectivity index (χ1n) is 5.16. The van der Waals surface area contributed by atoms with Gasteiger partial charge in [-0.1, -0.05) is 24.3 Å². The van der Waals surface area contributed by atoms with Crippen LogP contribution in [0, 0.1) is 0 Å². The van der Waals surface area contributed by atoms with Crippen molar-refractivity contribution in [2.24, 2.45) is 0 Å². The van der Waals surface area contributed by atoms with Crippen LogP contribution in [-0.4, -0.2) is 19.7 Å². The third kappa shape index (κ3) is 1.40. The zero-order valence-electron chi connectivity index (χ0n) is 9.23. The van der Waals surface area contributed by atoms with Gasteiger partial charge in [0.1, 0.15) is 17.8 Å². The number of methoxy groups -OCH3 is 1. The Bertz CT molecular complexity index is 425. The first-order valence-corrected chi connectivity index (χ1v) is 5.16. The number of benzene rings is 1. The van der Waals surface area contributed by atoms with Gasteiger partial charge >= 0.3 is 5.97 Å². The van der Waals surface area contributed by atoms with Gasteiger partial charge in [0.05, 0.1) is 7.11 Å². The number of rotatable bonds is 3. The number of ether oxygens (including phenoxy) is 2. The maximum atomic E-state index is 11.9. The molecule has 0 N–H and O–H groups in total. The monoisotopic (exact) mass is 218 g/mol. The summed E-state index contributed by atoms with van der Waals surface area (Å²) in [5.41, 5.74) is 0.175. The Morgan fingerprint density at radius 3 is 3.06 bits per heavy atom. The molecule has 0 saturated heterocycles. The smallest absolute Gasteiger partial charge is 0.320 e. The van der Waals surface area contributed by atoms with E-state index < -0.39 is 5.41 Å². The summed E-state index contributed by atoms with van der Waals surface area (Å²) in [5.74, 6) is 0.493. The predicted octanol–water partition coefficient (Wildman–Crippen LogP) is 2.07. The van der Waals surface area contributed by atoms with Crippen LogP contribution in [0.1, 0.15) is 12.0 Å². The van der Waals surface area contributed by atoms with E-state index in [1.165, 1.54) is 7.11 Å². The average molecular weight is 218 g/mol. The van der Waals surface area contributed by atoms with E-state index in [1.807, 2.05) is 24.3 Å². The highest BCUT2D eigenvalue weighted by molar-refractivity contribution is 5.85. The van der Waals surface area contributed by atoms with Gasteiger partial charge in [-0.3, -0.25) is 4.79 Å². The molecule has 1 atom stereocenters. The minimum atomic E-state index is -0.715. The van der Waals surface area contributed by atoms with Gasteiger partial charge in [-0.05, 0) is 12.5 Å². The number of allylic oxidation sites excluding steroid dienone is 1. The fourth-order valence-electron chi connectivity index (χ4n) is 2.13. The lowest BCUT2D eigenvalue weighted by atomic mass is 9.79. The van der Waals surface area contributed by atoms with Crippen molar-refractivity contribution < 1.29 is 14.3 Å². The second-order valence-corrected chi connectivity index (χ2v) is 3.85. The van der Waals surface area contributed by atoms with E-state index in [9.17, 15) is 4.79 Å². The van der Waals surface area contributed by atoms with Crippen molar-refractivity contribution in [3.63, 3.8) is 0 Å². The van der Waals surface area contributed by atoms with E-state index in [4.69, 9.17) is 9.47 Å². The highest BCUT2D eigenvalue weighted by Crippen LogP contribution is 2.42. The van der Waals surface area contributed by atoms with Crippen molar-refractivity contribution in [2.75, 3.05) is 13.7 Å². The molecule has 0 saturated carbocycles. The molecule has 1 aliphatic rings. The lowest BCUT2D eigenvalue weighted by molar-refractivity contribution is -0.147. The Balaban J connectivity index is 2.50. The summed E-state index contributed by atoms with van der Waals surface area (Å²) in [6.07, 6.45) is 2.25. The molecule has 3 nitrogen and oxygen atoms in total. The molecule has 16 heavy (non-hydrogen) atoms. The van der Waals surface area contributed by atoms with E-state index >= 15 is 0 Å². The lowest BCUT2D eigenvalue weighted by Crippen LogP contribution is -2.38. The topological polar surface area (TPSA) is 35.5 Å². The summed E-state index contributed by atoms with van der Waals surface area (Å²) in [4.78, 5) is 11.9. The molecule has 0 fully saturated rings. The molecular formula is C13H14O3. The van der Waals surface area contributed by atoms with Crippen molar-refractivity contribution >= 4 is 5.97 Å². The van der Waals surface area contributed by atoms with E-state index in [1.54, 1.807) is 6.08 Å². The zero-order valence-corrected chi connectivity index (χ0v) is 9.23. The van der Waals surface area contributed by atoms with Gasteiger partial charge in [-0.15, -0.1) is 6.58 Å². The molecule has 0 amide bonds. The second-order valence-electron chi connectivity index (χ2n) is 3.85. The van der Waals surface area contributed by atoms with Crippen LogP contribution < -0.4 is 4.74 Å².